The molecule has 148 valence electrons. The van der Waals surface area contributed by atoms with Crippen LogP contribution in [0.1, 0.15) is 36.2 Å². The van der Waals surface area contributed by atoms with Crippen molar-refractivity contribution in [2.45, 2.75) is 39.5 Å². The highest BCUT2D eigenvalue weighted by molar-refractivity contribution is 14.0. The maximum absolute atomic E-state index is 5.56. The van der Waals surface area contributed by atoms with Gasteiger partial charge in [-0.2, -0.15) is 4.98 Å². The molecule has 0 saturated heterocycles. The van der Waals surface area contributed by atoms with Crippen molar-refractivity contribution < 1.29 is 9.26 Å². The van der Waals surface area contributed by atoms with Gasteiger partial charge in [0, 0.05) is 32.5 Å². The lowest BCUT2D eigenvalue weighted by molar-refractivity contribution is 0.357. The maximum Gasteiger partial charge on any atom is 0.226 e. The van der Waals surface area contributed by atoms with E-state index in [9.17, 15) is 0 Å². The Balaban J connectivity index is 0.00000261. The van der Waals surface area contributed by atoms with Crippen molar-refractivity contribution in [3.05, 3.63) is 41.0 Å². The van der Waals surface area contributed by atoms with E-state index in [1.54, 1.807) is 0 Å². The molecule has 0 unspecified atom stereocenters. The number of hydrogen-bond donors (Lipinski definition) is 2. The smallest absolute Gasteiger partial charge is 0.226 e. The summed E-state index contributed by atoms with van der Waals surface area (Å²) in [5.41, 5.74) is 2.64. The Hall–Kier alpha value is -1.84. The molecule has 8 heteroatoms. The summed E-state index contributed by atoms with van der Waals surface area (Å²) in [5, 5.41) is 10.5. The predicted molar refractivity (Wildman–Crippen MR) is 116 cm³/mol. The molecular formula is C19H28IN5O2. The largest absolute Gasteiger partial charge is 0.493 e. The van der Waals surface area contributed by atoms with Crippen molar-refractivity contribution in [3.8, 4) is 5.75 Å². The second-order valence-electron chi connectivity index (χ2n) is 6.32. The molecule has 1 aromatic heterocycles. The number of nitrogens with zero attached hydrogens (tertiary/aromatic N) is 3. The number of guanidine groups is 1. The number of ether oxygens (including phenoxy) is 1. The second-order valence-corrected chi connectivity index (χ2v) is 6.32. The number of nitrogens with one attached hydrogen (secondary N) is 2. The van der Waals surface area contributed by atoms with Crippen LogP contribution in [0.4, 0.5) is 0 Å². The molecule has 1 aliphatic heterocycles. The molecule has 1 aliphatic rings. The van der Waals surface area contributed by atoms with E-state index in [0.29, 0.717) is 18.3 Å². The Morgan fingerprint density at radius 1 is 1.26 bits per heavy atom. The third-order valence-corrected chi connectivity index (χ3v) is 4.19. The van der Waals surface area contributed by atoms with Crippen LogP contribution >= 0.6 is 24.0 Å². The van der Waals surface area contributed by atoms with Crippen LogP contribution in [0.15, 0.2) is 27.7 Å². The Morgan fingerprint density at radius 3 is 2.93 bits per heavy atom. The molecular weight excluding hydrogens is 457 g/mol. The fraction of sp³-hybridized carbons (Fsp3) is 0.526. The lowest BCUT2D eigenvalue weighted by Gasteiger charge is -2.11. The van der Waals surface area contributed by atoms with Gasteiger partial charge in [-0.05, 0) is 43.9 Å². The number of aromatic nitrogens is 2. The first kappa shape index (κ1) is 21.5. The summed E-state index contributed by atoms with van der Waals surface area (Å²) in [4.78, 5) is 8.81. The Labute approximate surface area is 177 Å². The van der Waals surface area contributed by atoms with Crippen LogP contribution in [-0.2, 0) is 19.3 Å². The van der Waals surface area contributed by atoms with E-state index in [4.69, 9.17) is 9.26 Å². The maximum atomic E-state index is 5.56. The van der Waals surface area contributed by atoms with Gasteiger partial charge in [-0.3, -0.25) is 4.99 Å². The number of aryl methyl sites for hydroxylation is 2. The van der Waals surface area contributed by atoms with Gasteiger partial charge in [0.15, 0.2) is 11.8 Å². The van der Waals surface area contributed by atoms with Crippen molar-refractivity contribution in [1.29, 1.82) is 0 Å². The molecule has 0 spiro atoms. The summed E-state index contributed by atoms with van der Waals surface area (Å²) in [6.45, 7) is 7.09. The number of benzene rings is 1. The van der Waals surface area contributed by atoms with Crippen LogP contribution < -0.4 is 15.4 Å². The predicted octanol–water partition coefficient (Wildman–Crippen LogP) is 2.66. The van der Waals surface area contributed by atoms with Gasteiger partial charge >= 0.3 is 0 Å². The van der Waals surface area contributed by atoms with Crippen LogP contribution in [0.3, 0.4) is 0 Å². The van der Waals surface area contributed by atoms with Crippen LogP contribution in [0.5, 0.6) is 5.75 Å². The molecule has 0 radical (unpaired) electrons. The Morgan fingerprint density at radius 2 is 2.15 bits per heavy atom. The van der Waals surface area contributed by atoms with Crippen molar-refractivity contribution in [1.82, 2.24) is 20.8 Å². The fourth-order valence-corrected chi connectivity index (χ4v) is 2.93. The summed E-state index contributed by atoms with van der Waals surface area (Å²) >= 11 is 0. The molecule has 27 heavy (non-hydrogen) atoms. The lowest BCUT2D eigenvalue weighted by Crippen LogP contribution is -2.38. The molecule has 2 N–H and O–H groups in total. The Bertz CT molecular complexity index is 747. The minimum Gasteiger partial charge on any atom is -0.493 e. The van der Waals surface area contributed by atoms with Gasteiger partial charge in [0.25, 0.3) is 0 Å². The van der Waals surface area contributed by atoms with Crippen molar-refractivity contribution in [2.75, 3.05) is 26.2 Å². The van der Waals surface area contributed by atoms with Crippen molar-refractivity contribution in [3.63, 3.8) is 0 Å². The third-order valence-electron chi connectivity index (χ3n) is 4.19. The molecule has 0 saturated carbocycles. The van der Waals surface area contributed by atoms with E-state index in [1.807, 2.05) is 6.92 Å². The van der Waals surface area contributed by atoms with Crippen LogP contribution in [0.25, 0.3) is 0 Å². The quantitative estimate of drug-likeness (QED) is 0.259. The van der Waals surface area contributed by atoms with Gasteiger partial charge in [-0.1, -0.05) is 17.3 Å². The number of aliphatic imine (C=N–C) groups is 1. The minimum atomic E-state index is 0. The summed E-state index contributed by atoms with van der Waals surface area (Å²) in [6, 6.07) is 6.47. The van der Waals surface area contributed by atoms with Crippen molar-refractivity contribution >= 4 is 29.9 Å². The molecule has 2 heterocycles. The molecule has 0 atom stereocenters. The van der Waals surface area contributed by atoms with Crippen LogP contribution in [-0.4, -0.2) is 42.3 Å². The number of halogens is 1. The topological polar surface area (TPSA) is 84.6 Å². The zero-order chi connectivity index (χ0) is 18.2. The number of rotatable bonds is 8. The molecule has 0 fully saturated rings. The van der Waals surface area contributed by atoms with Crippen LogP contribution in [0, 0.1) is 6.92 Å². The summed E-state index contributed by atoms with van der Waals surface area (Å²) in [7, 11) is 0. The zero-order valence-corrected chi connectivity index (χ0v) is 18.3. The van der Waals surface area contributed by atoms with E-state index in [1.165, 1.54) is 11.1 Å². The highest BCUT2D eigenvalue weighted by atomic mass is 127. The Kier molecular flexibility index (Phi) is 8.83. The van der Waals surface area contributed by atoms with Crippen molar-refractivity contribution in [2.24, 2.45) is 4.99 Å². The highest BCUT2D eigenvalue weighted by Crippen LogP contribution is 2.25. The van der Waals surface area contributed by atoms with Gasteiger partial charge in [-0.15, -0.1) is 24.0 Å². The molecule has 7 nitrogen and oxygen atoms in total. The number of hydrogen-bond acceptors (Lipinski definition) is 5. The first-order chi connectivity index (χ1) is 12.7. The second kappa shape index (κ2) is 11.1. The van der Waals surface area contributed by atoms with Gasteiger partial charge in [0.05, 0.1) is 6.61 Å². The zero-order valence-electron chi connectivity index (χ0n) is 16.0. The minimum absolute atomic E-state index is 0. The van der Waals surface area contributed by atoms with E-state index < -0.39 is 0 Å². The molecule has 0 aliphatic carbocycles. The van der Waals surface area contributed by atoms with E-state index >= 15 is 0 Å². The standard InChI is InChI=1S/C19H27N5O2.HI/c1-3-20-19(21-10-4-5-18-23-14(2)24-26-18)22-11-8-15-6-7-17-16(13-15)9-12-25-17;/h6-7,13H,3-5,8-12H2,1-2H3,(H2,20,21,22);1H. The normalized spacial score (nSPS) is 12.9. The monoisotopic (exact) mass is 485 g/mol. The van der Waals surface area contributed by atoms with Crippen LogP contribution in [0.2, 0.25) is 0 Å². The fourth-order valence-electron chi connectivity index (χ4n) is 2.93. The molecule has 2 aromatic rings. The molecule has 0 bridgehead atoms. The van der Waals surface area contributed by atoms with Gasteiger partial charge in [-0.25, -0.2) is 0 Å². The summed E-state index contributed by atoms with van der Waals surface area (Å²) in [5.74, 6) is 3.24. The molecule has 3 rings (SSSR count). The van der Waals surface area contributed by atoms with Gasteiger partial charge in [0.1, 0.15) is 5.75 Å². The molecule has 0 amide bonds. The van der Waals surface area contributed by atoms with E-state index in [-0.39, 0.29) is 24.0 Å². The highest BCUT2D eigenvalue weighted by Gasteiger charge is 2.11. The summed E-state index contributed by atoms with van der Waals surface area (Å²) in [6.07, 6.45) is 3.60. The average molecular weight is 485 g/mol. The first-order valence-electron chi connectivity index (χ1n) is 9.30. The summed E-state index contributed by atoms with van der Waals surface area (Å²) < 4.78 is 10.7. The number of fused-ring (bicyclic) bond motifs is 1. The van der Waals surface area contributed by atoms with E-state index in [0.717, 1.165) is 57.1 Å². The lowest BCUT2D eigenvalue weighted by atomic mass is 10.1. The SMILES string of the molecule is CCNC(=NCCCc1nc(C)no1)NCCc1ccc2c(c1)CCO2.I. The first-order valence-corrected chi connectivity index (χ1v) is 9.30. The molecule has 1 aromatic carbocycles. The van der Waals surface area contributed by atoms with Gasteiger partial charge < -0.3 is 19.9 Å². The average Bonchev–Trinajstić information content (AvgIpc) is 3.27. The van der Waals surface area contributed by atoms with Gasteiger partial charge in [0.2, 0.25) is 5.89 Å². The van der Waals surface area contributed by atoms with E-state index in [2.05, 4.69) is 50.9 Å². The third kappa shape index (κ3) is 6.67.